The van der Waals surface area contributed by atoms with Crippen LogP contribution in [-0.4, -0.2) is 11.1 Å². The van der Waals surface area contributed by atoms with Crippen LogP contribution in [0.1, 0.15) is 42.4 Å². The molecular weight excluding hydrogens is 188 g/mol. The van der Waals surface area contributed by atoms with Crippen LogP contribution in [0.2, 0.25) is 0 Å². The molecule has 0 amide bonds. The lowest BCUT2D eigenvalue weighted by molar-refractivity contribution is -0.137. The summed E-state index contributed by atoms with van der Waals surface area (Å²) in [7, 11) is 0. The summed E-state index contributed by atoms with van der Waals surface area (Å²) in [5.74, 6) is -0.582. The summed E-state index contributed by atoms with van der Waals surface area (Å²) >= 11 is 0. The van der Waals surface area contributed by atoms with Crippen LogP contribution < -0.4 is 0 Å². The fraction of sp³-hybridized carbons (Fsp3) is 0.462. The summed E-state index contributed by atoms with van der Waals surface area (Å²) in [6.45, 7) is 6.16. The minimum absolute atomic E-state index is 0.141. The average molecular weight is 206 g/mol. The highest BCUT2D eigenvalue weighted by atomic mass is 16.4. The van der Waals surface area contributed by atoms with Crippen molar-refractivity contribution < 1.29 is 9.90 Å². The maximum Gasteiger partial charge on any atom is 0.303 e. The smallest absolute Gasteiger partial charge is 0.303 e. The molecule has 0 saturated carbocycles. The fourth-order valence-corrected chi connectivity index (χ4v) is 1.73. The zero-order valence-corrected chi connectivity index (χ0v) is 9.58. The van der Waals surface area contributed by atoms with Gasteiger partial charge in [0.05, 0.1) is 6.42 Å². The second kappa shape index (κ2) is 4.96. The predicted molar refractivity (Wildman–Crippen MR) is 61.2 cm³/mol. The van der Waals surface area contributed by atoms with Gasteiger partial charge in [0.1, 0.15) is 0 Å². The lowest BCUT2D eigenvalue weighted by Gasteiger charge is -2.14. The molecule has 15 heavy (non-hydrogen) atoms. The van der Waals surface area contributed by atoms with E-state index in [0.29, 0.717) is 0 Å². The molecule has 1 unspecified atom stereocenters. The summed E-state index contributed by atoms with van der Waals surface area (Å²) in [5.41, 5.74) is 3.63. The van der Waals surface area contributed by atoms with Gasteiger partial charge in [0.2, 0.25) is 0 Å². The molecule has 0 saturated heterocycles. The number of carbonyl (C=O) groups is 1. The SMILES string of the molecule is CCC(CC(=O)O)c1ccc(C)c(C)c1. The van der Waals surface area contributed by atoms with E-state index in [4.69, 9.17) is 5.11 Å². The minimum atomic E-state index is -0.722. The molecule has 0 aliphatic heterocycles. The largest absolute Gasteiger partial charge is 0.481 e. The van der Waals surface area contributed by atoms with Crippen molar-refractivity contribution in [3.8, 4) is 0 Å². The molecular formula is C13H18O2. The quantitative estimate of drug-likeness (QED) is 0.820. The van der Waals surface area contributed by atoms with Crippen molar-refractivity contribution >= 4 is 5.97 Å². The first kappa shape index (κ1) is 11.8. The summed E-state index contributed by atoms with van der Waals surface area (Å²) in [6.07, 6.45) is 1.09. The molecule has 0 fully saturated rings. The van der Waals surface area contributed by atoms with E-state index in [1.54, 1.807) is 0 Å². The van der Waals surface area contributed by atoms with E-state index in [2.05, 4.69) is 26.0 Å². The number of benzene rings is 1. The highest BCUT2D eigenvalue weighted by molar-refractivity contribution is 5.68. The number of rotatable bonds is 4. The molecule has 1 atom stereocenters. The molecule has 0 heterocycles. The van der Waals surface area contributed by atoms with Gasteiger partial charge >= 0.3 is 5.97 Å². The van der Waals surface area contributed by atoms with Crippen LogP contribution in [0.3, 0.4) is 0 Å². The topological polar surface area (TPSA) is 37.3 Å². The van der Waals surface area contributed by atoms with E-state index >= 15 is 0 Å². The van der Waals surface area contributed by atoms with Gasteiger partial charge in [0.25, 0.3) is 0 Å². The third kappa shape index (κ3) is 3.08. The number of carboxylic acid groups (broad SMARTS) is 1. The molecule has 1 rings (SSSR count). The van der Waals surface area contributed by atoms with Crippen LogP contribution in [0.5, 0.6) is 0 Å². The van der Waals surface area contributed by atoms with Crippen LogP contribution in [0.25, 0.3) is 0 Å². The normalized spacial score (nSPS) is 12.5. The third-order valence-corrected chi connectivity index (χ3v) is 2.92. The second-order valence-corrected chi connectivity index (χ2v) is 4.05. The Balaban J connectivity index is 2.92. The highest BCUT2D eigenvalue weighted by Gasteiger charge is 2.13. The van der Waals surface area contributed by atoms with Gasteiger partial charge in [-0.1, -0.05) is 25.1 Å². The number of hydrogen-bond donors (Lipinski definition) is 1. The Labute approximate surface area is 90.9 Å². The van der Waals surface area contributed by atoms with Crippen molar-refractivity contribution in [2.24, 2.45) is 0 Å². The molecule has 82 valence electrons. The van der Waals surface area contributed by atoms with Crippen molar-refractivity contribution in [3.05, 3.63) is 34.9 Å². The number of carboxylic acids is 1. The van der Waals surface area contributed by atoms with Crippen molar-refractivity contribution in [3.63, 3.8) is 0 Å². The van der Waals surface area contributed by atoms with Crippen LogP contribution in [0.4, 0.5) is 0 Å². The van der Waals surface area contributed by atoms with Gasteiger partial charge in [-0.05, 0) is 42.9 Å². The van der Waals surface area contributed by atoms with Crippen LogP contribution in [0.15, 0.2) is 18.2 Å². The van der Waals surface area contributed by atoms with Gasteiger partial charge in [-0.25, -0.2) is 0 Å². The van der Waals surface area contributed by atoms with E-state index in [0.717, 1.165) is 12.0 Å². The average Bonchev–Trinajstić information content (AvgIpc) is 2.18. The molecule has 1 aromatic carbocycles. The lowest BCUT2D eigenvalue weighted by atomic mass is 9.91. The van der Waals surface area contributed by atoms with Crippen LogP contribution in [0, 0.1) is 13.8 Å². The predicted octanol–water partition coefficient (Wildman–Crippen LogP) is 3.27. The van der Waals surface area contributed by atoms with E-state index in [-0.39, 0.29) is 12.3 Å². The summed E-state index contributed by atoms with van der Waals surface area (Å²) in [5, 5.41) is 8.80. The van der Waals surface area contributed by atoms with Crippen molar-refractivity contribution in [2.75, 3.05) is 0 Å². The molecule has 0 bridgehead atoms. The van der Waals surface area contributed by atoms with E-state index in [1.165, 1.54) is 11.1 Å². The number of aryl methyl sites for hydroxylation is 2. The van der Waals surface area contributed by atoms with Crippen molar-refractivity contribution in [2.45, 2.75) is 39.5 Å². The zero-order valence-electron chi connectivity index (χ0n) is 9.58. The van der Waals surface area contributed by atoms with Crippen LogP contribution in [-0.2, 0) is 4.79 Å². The maximum atomic E-state index is 10.7. The van der Waals surface area contributed by atoms with Gasteiger partial charge in [0, 0.05) is 0 Å². The fourth-order valence-electron chi connectivity index (χ4n) is 1.73. The molecule has 2 heteroatoms. The molecule has 0 radical (unpaired) electrons. The Morgan fingerprint density at radius 1 is 1.33 bits per heavy atom. The Morgan fingerprint density at radius 2 is 2.00 bits per heavy atom. The second-order valence-electron chi connectivity index (χ2n) is 4.05. The number of hydrogen-bond acceptors (Lipinski definition) is 1. The third-order valence-electron chi connectivity index (χ3n) is 2.92. The maximum absolute atomic E-state index is 10.7. The lowest BCUT2D eigenvalue weighted by Crippen LogP contribution is -2.05. The first-order valence-electron chi connectivity index (χ1n) is 5.33. The Bertz CT molecular complexity index is 356. The van der Waals surface area contributed by atoms with Gasteiger partial charge in [-0.2, -0.15) is 0 Å². The van der Waals surface area contributed by atoms with Gasteiger partial charge in [-0.15, -0.1) is 0 Å². The van der Waals surface area contributed by atoms with E-state index in [9.17, 15) is 4.79 Å². The number of aliphatic carboxylic acids is 1. The molecule has 1 N–H and O–H groups in total. The van der Waals surface area contributed by atoms with Crippen molar-refractivity contribution in [1.82, 2.24) is 0 Å². The molecule has 0 aliphatic rings. The highest BCUT2D eigenvalue weighted by Crippen LogP contribution is 2.24. The molecule has 0 aromatic heterocycles. The Kier molecular flexibility index (Phi) is 3.89. The molecule has 0 aliphatic carbocycles. The monoisotopic (exact) mass is 206 g/mol. The minimum Gasteiger partial charge on any atom is -0.481 e. The Morgan fingerprint density at radius 3 is 2.47 bits per heavy atom. The molecule has 0 spiro atoms. The summed E-state index contributed by atoms with van der Waals surface area (Å²) in [6, 6.07) is 6.21. The van der Waals surface area contributed by atoms with E-state index < -0.39 is 5.97 Å². The standard InChI is InChI=1S/C13H18O2/c1-4-11(8-13(14)15)12-6-5-9(2)10(3)7-12/h5-7,11H,4,8H2,1-3H3,(H,14,15). The molecule has 1 aromatic rings. The van der Waals surface area contributed by atoms with E-state index in [1.807, 2.05) is 13.0 Å². The Hall–Kier alpha value is -1.31. The van der Waals surface area contributed by atoms with Gasteiger partial charge < -0.3 is 5.11 Å². The first-order chi connectivity index (χ1) is 7.04. The summed E-state index contributed by atoms with van der Waals surface area (Å²) in [4.78, 5) is 10.7. The van der Waals surface area contributed by atoms with Gasteiger partial charge in [-0.3, -0.25) is 4.79 Å². The molecule has 2 nitrogen and oxygen atoms in total. The zero-order chi connectivity index (χ0) is 11.4. The first-order valence-corrected chi connectivity index (χ1v) is 5.33. The van der Waals surface area contributed by atoms with Crippen LogP contribution >= 0.6 is 0 Å². The van der Waals surface area contributed by atoms with Crippen molar-refractivity contribution in [1.29, 1.82) is 0 Å². The summed E-state index contributed by atoms with van der Waals surface area (Å²) < 4.78 is 0. The van der Waals surface area contributed by atoms with Gasteiger partial charge in [0.15, 0.2) is 0 Å².